The number of Topliss-reactive ketones (excluding diaryl/α,β-unsaturated/α-hetero) is 1. The zero-order valence-corrected chi connectivity index (χ0v) is 21.4. The number of aliphatic hydroxyl groups is 2. The number of ketones is 3. The van der Waals surface area contributed by atoms with Crippen molar-refractivity contribution in [3.8, 4) is 17.2 Å². The van der Waals surface area contributed by atoms with Crippen molar-refractivity contribution in [2.24, 2.45) is 11.7 Å². The number of carbonyl (C=O) groups excluding carboxylic acids is 3. The number of aromatic hydroxyl groups is 2. The van der Waals surface area contributed by atoms with Crippen molar-refractivity contribution < 1.29 is 44.3 Å². The van der Waals surface area contributed by atoms with Gasteiger partial charge in [-0.05, 0) is 31.7 Å². The molecule has 3 aliphatic carbocycles. The molecule has 0 radical (unpaired) electrons. The number of rotatable bonds is 4. The van der Waals surface area contributed by atoms with Gasteiger partial charge in [-0.25, -0.2) is 0 Å². The predicted molar refractivity (Wildman–Crippen MR) is 134 cm³/mol. The van der Waals surface area contributed by atoms with Gasteiger partial charge in [-0.15, -0.1) is 0 Å². The Kier molecular flexibility index (Phi) is 6.34. The summed E-state index contributed by atoms with van der Waals surface area (Å²) in [6.45, 7) is 3.04. The first-order valence-electron chi connectivity index (χ1n) is 12.6. The summed E-state index contributed by atoms with van der Waals surface area (Å²) in [5, 5.41) is 44.4. The maximum absolute atomic E-state index is 13.7. The maximum Gasteiger partial charge on any atom is 0.202 e. The van der Waals surface area contributed by atoms with Gasteiger partial charge in [0.1, 0.15) is 22.8 Å². The number of aliphatic hydroxyl groups excluding tert-OH is 1. The smallest absolute Gasteiger partial charge is 0.202 e. The van der Waals surface area contributed by atoms with Crippen LogP contribution in [0.25, 0.3) is 0 Å². The summed E-state index contributed by atoms with van der Waals surface area (Å²) in [6.07, 6.45) is -2.22. The van der Waals surface area contributed by atoms with Gasteiger partial charge in [0.25, 0.3) is 0 Å². The number of benzene rings is 2. The lowest BCUT2D eigenvalue weighted by Crippen LogP contribution is -2.49. The van der Waals surface area contributed by atoms with Crippen LogP contribution < -0.4 is 10.5 Å². The van der Waals surface area contributed by atoms with E-state index >= 15 is 0 Å². The van der Waals surface area contributed by atoms with Crippen LogP contribution in [0.2, 0.25) is 0 Å². The van der Waals surface area contributed by atoms with Gasteiger partial charge in [0.05, 0.1) is 42.1 Å². The van der Waals surface area contributed by atoms with Crippen LogP contribution in [-0.2, 0) is 16.0 Å². The molecule has 0 heterocycles. The van der Waals surface area contributed by atoms with Crippen molar-refractivity contribution >= 4 is 17.3 Å². The van der Waals surface area contributed by atoms with Crippen LogP contribution in [0, 0.1) is 5.92 Å². The predicted octanol–water partition coefficient (Wildman–Crippen LogP) is 1.69. The number of nitrogens with two attached hydrogens (primary N) is 1. The van der Waals surface area contributed by atoms with Crippen LogP contribution in [0.3, 0.4) is 0 Å². The lowest BCUT2D eigenvalue weighted by atomic mass is 9.72. The summed E-state index contributed by atoms with van der Waals surface area (Å²) < 4.78 is 11.6. The third-order valence-corrected chi connectivity index (χ3v) is 8.28. The number of carbonyl (C=O) groups is 3. The topological polar surface area (TPSA) is 177 Å². The van der Waals surface area contributed by atoms with Gasteiger partial charge in [-0.1, -0.05) is 19.1 Å². The van der Waals surface area contributed by atoms with Crippen molar-refractivity contribution in [3.05, 3.63) is 51.6 Å². The Morgan fingerprint density at radius 2 is 1.76 bits per heavy atom. The zero-order valence-electron chi connectivity index (χ0n) is 21.4. The molecular weight excluding hydrogens is 494 g/mol. The number of phenols is 2. The molecule has 0 amide bonds. The zero-order chi connectivity index (χ0) is 27.7. The van der Waals surface area contributed by atoms with Crippen LogP contribution in [-0.4, -0.2) is 68.7 Å². The second-order valence-corrected chi connectivity index (χ2v) is 10.7. The minimum absolute atomic E-state index is 0.00526. The molecule has 5 rings (SSSR count). The molecule has 6 atom stereocenters. The molecule has 38 heavy (non-hydrogen) atoms. The Balaban J connectivity index is 1.68. The maximum atomic E-state index is 13.7. The van der Waals surface area contributed by atoms with Gasteiger partial charge >= 0.3 is 0 Å². The van der Waals surface area contributed by atoms with E-state index in [1.54, 1.807) is 0 Å². The molecule has 0 unspecified atom stereocenters. The Morgan fingerprint density at radius 1 is 1.08 bits per heavy atom. The van der Waals surface area contributed by atoms with E-state index in [0.29, 0.717) is 6.42 Å². The second-order valence-electron chi connectivity index (χ2n) is 10.7. The quantitative estimate of drug-likeness (QED) is 0.315. The first-order chi connectivity index (χ1) is 17.9. The molecule has 1 fully saturated rings. The van der Waals surface area contributed by atoms with Crippen molar-refractivity contribution in [3.63, 3.8) is 0 Å². The highest BCUT2D eigenvalue weighted by Gasteiger charge is 2.49. The molecule has 0 spiro atoms. The van der Waals surface area contributed by atoms with Crippen molar-refractivity contribution in [1.82, 2.24) is 0 Å². The van der Waals surface area contributed by atoms with Gasteiger partial charge in [0.2, 0.25) is 5.78 Å². The van der Waals surface area contributed by atoms with Crippen LogP contribution in [0.4, 0.5) is 0 Å². The summed E-state index contributed by atoms with van der Waals surface area (Å²) in [5.41, 5.74) is 3.36. The van der Waals surface area contributed by atoms with Crippen molar-refractivity contribution in [2.45, 2.75) is 69.5 Å². The lowest BCUT2D eigenvalue weighted by molar-refractivity contribution is -0.146. The molecule has 3 aliphatic rings. The van der Waals surface area contributed by atoms with Gasteiger partial charge in [-0.3, -0.25) is 14.4 Å². The third-order valence-electron chi connectivity index (χ3n) is 8.28. The molecule has 2 aromatic carbocycles. The summed E-state index contributed by atoms with van der Waals surface area (Å²) >= 11 is 0. The van der Waals surface area contributed by atoms with Gasteiger partial charge in [0, 0.05) is 35.6 Å². The number of hydrogen-bond acceptors (Lipinski definition) is 10. The van der Waals surface area contributed by atoms with Crippen LogP contribution >= 0.6 is 0 Å². The Hall–Kier alpha value is -3.31. The monoisotopic (exact) mass is 525 g/mol. The Bertz CT molecular complexity index is 1360. The summed E-state index contributed by atoms with van der Waals surface area (Å²) in [7, 11) is 1.35. The van der Waals surface area contributed by atoms with Crippen molar-refractivity contribution in [2.75, 3.05) is 7.11 Å². The molecule has 0 bridgehead atoms. The summed E-state index contributed by atoms with van der Waals surface area (Å²) in [5.74, 6) is -3.15. The summed E-state index contributed by atoms with van der Waals surface area (Å²) in [6, 6.07) is 3.92. The highest BCUT2D eigenvalue weighted by atomic mass is 16.5. The fourth-order valence-electron chi connectivity index (χ4n) is 6.16. The fourth-order valence-corrected chi connectivity index (χ4v) is 6.16. The number of ether oxygens (including phenoxy) is 2. The standard InChI is InChI=1S/C28H31NO9/c1-11-7-13(8-16(29)23(11)31)38-18-10-28(36,12(2)30)9-15-20(18)27(35)22-21(25(15)33)24(32)14-5-4-6-17(37-3)19(14)26(22)34/h4-6,11,13,16,18,23,31,33,35-36H,7-10,29H2,1-3H3/t11-,13-,16+,18+,23-,28+/m1/s1. The number of phenolic OH excluding ortho intramolecular Hbond substituents is 2. The molecule has 0 saturated heterocycles. The van der Waals surface area contributed by atoms with E-state index in [2.05, 4.69) is 0 Å². The van der Waals surface area contributed by atoms with Crippen LogP contribution in [0.1, 0.15) is 82.2 Å². The average molecular weight is 526 g/mol. The van der Waals surface area contributed by atoms with Gasteiger partial charge < -0.3 is 35.6 Å². The van der Waals surface area contributed by atoms with Gasteiger partial charge in [0.15, 0.2) is 11.6 Å². The van der Waals surface area contributed by atoms with E-state index in [4.69, 9.17) is 15.2 Å². The summed E-state index contributed by atoms with van der Waals surface area (Å²) in [4.78, 5) is 39.7. The molecule has 6 N–H and O–H groups in total. The minimum Gasteiger partial charge on any atom is -0.507 e. The van der Waals surface area contributed by atoms with E-state index in [0.717, 1.165) is 0 Å². The first-order valence-corrected chi connectivity index (χ1v) is 12.6. The molecule has 10 nitrogen and oxygen atoms in total. The Morgan fingerprint density at radius 3 is 2.39 bits per heavy atom. The van der Waals surface area contributed by atoms with Crippen LogP contribution in [0.15, 0.2) is 18.2 Å². The highest BCUT2D eigenvalue weighted by molar-refractivity contribution is 6.31. The molecular formula is C28H31NO9. The SMILES string of the molecule is COc1cccc2c1C(=O)c1c(O)c3c(c(O)c1C2=O)C[C@@](O)(C(C)=O)C[C@@H]3O[C@@H]1C[C@@H](C)[C@@H](O)[C@@H](N)C1. The fraction of sp³-hybridized carbons (Fsp3) is 0.464. The number of hydrogen-bond donors (Lipinski definition) is 5. The molecule has 0 aromatic heterocycles. The first kappa shape index (κ1) is 26.3. The third kappa shape index (κ3) is 3.82. The molecule has 202 valence electrons. The minimum atomic E-state index is -1.94. The second kappa shape index (κ2) is 9.16. The van der Waals surface area contributed by atoms with E-state index in [-0.39, 0.29) is 58.7 Å². The molecule has 1 saturated carbocycles. The van der Waals surface area contributed by atoms with Gasteiger partial charge in [-0.2, -0.15) is 0 Å². The Labute approximate surface area is 219 Å². The van der Waals surface area contributed by atoms with E-state index < -0.39 is 64.4 Å². The molecule has 2 aromatic rings. The molecule has 10 heteroatoms. The molecule has 0 aliphatic heterocycles. The number of fused-ring (bicyclic) bond motifs is 3. The number of methoxy groups -OCH3 is 1. The van der Waals surface area contributed by atoms with E-state index in [1.807, 2.05) is 6.92 Å². The largest absolute Gasteiger partial charge is 0.507 e. The highest BCUT2D eigenvalue weighted by Crippen LogP contribution is 2.52. The average Bonchev–Trinajstić information content (AvgIpc) is 2.87. The normalized spacial score (nSPS) is 30.3. The van der Waals surface area contributed by atoms with E-state index in [9.17, 15) is 34.8 Å². The van der Waals surface area contributed by atoms with Crippen LogP contribution in [0.5, 0.6) is 17.2 Å². The van der Waals surface area contributed by atoms with E-state index in [1.165, 1.54) is 32.2 Å². The lowest BCUT2D eigenvalue weighted by Gasteiger charge is -2.42. The van der Waals surface area contributed by atoms with Crippen molar-refractivity contribution in [1.29, 1.82) is 0 Å².